The van der Waals surface area contributed by atoms with Crippen molar-refractivity contribution >= 4 is 23.1 Å². The third-order valence-corrected chi connectivity index (χ3v) is 3.86. The summed E-state index contributed by atoms with van der Waals surface area (Å²) >= 11 is 5.89. The summed E-state index contributed by atoms with van der Waals surface area (Å²) in [5.41, 5.74) is 1.62. The molecule has 0 unspecified atom stereocenters. The molecule has 9 heteroatoms. The monoisotopic (exact) mass is 382 g/mol. The molecule has 0 saturated carbocycles. The molecule has 0 bridgehead atoms. The molecule has 136 valence electrons. The van der Waals surface area contributed by atoms with E-state index < -0.39 is 0 Å². The van der Waals surface area contributed by atoms with Crippen molar-refractivity contribution in [3.8, 4) is 23.2 Å². The molecule has 0 amide bonds. The zero-order chi connectivity index (χ0) is 18.6. The lowest BCUT2D eigenvalue weighted by Gasteiger charge is -2.05. The molecule has 0 aliphatic carbocycles. The van der Waals surface area contributed by atoms with Gasteiger partial charge in [-0.15, -0.1) is 10.2 Å². The van der Waals surface area contributed by atoms with Gasteiger partial charge in [0, 0.05) is 16.3 Å². The van der Waals surface area contributed by atoms with Gasteiger partial charge in [-0.05, 0) is 55.5 Å². The van der Waals surface area contributed by atoms with Crippen LogP contribution in [0, 0.1) is 0 Å². The van der Waals surface area contributed by atoms with Crippen LogP contribution in [0.5, 0.6) is 5.75 Å². The number of anilines is 2. The van der Waals surface area contributed by atoms with Gasteiger partial charge in [0.05, 0.1) is 12.8 Å². The molecule has 2 heterocycles. The van der Waals surface area contributed by atoms with Gasteiger partial charge in [0.1, 0.15) is 5.75 Å². The third kappa shape index (κ3) is 3.90. The lowest BCUT2D eigenvalue weighted by atomic mass is 10.2. The molecular weight excluding hydrogens is 368 g/mol. The number of aromatic nitrogens is 5. The number of ether oxygens (including phenoxy) is 1. The van der Waals surface area contributed by atoms with Crippen LogP contribution in [-0.2, 0) is 0 Å². The van der Waals surface area contributed by atoms with Crippen molar-refractivity contribution in [3.05, 3.63) is 59.8 Å². The number of halogens is 1. The van der Waals surface area contributed by atoms with Crippen LogP contribution in [-0.4, -0.2) is 31.8 Å². The fourth-order valence-electron chi connectivity index (χ4n) is 2.37. The Hall–Kier alpha value is -3.39. The van der Waals surface area contributed by atoms with Gasteiger partial charge in [-0.2, -0.15) is 5.10 Å². The van der Waals surface area contributed by atoms with E-state index in [1.807, 2.05) is 31.2 Å². The van der Waals surface area contributed by atoms with Gasteiger partial charge >= 0.3 is 6.01 Å². The molecule has 2 aromatic heterocycles. The first-order valence-corrected chi connectivity index (χ1v) is 8.61. The molecule has 27 heavy (non-hydrogen) atoms. The van der Waals surface area contributed by atoms with E-state index in [1.165, 1.54) is 4.80 Å². The highest BCUT2D eigenvalue weighted by Crippen LogP contribution is 2.22. The first kappa shape index (κ1) is 17.0. The van der Waals surface area contributed by atoms with E-state index in [1.54, 1.807) is 30.5 Å². The molecule has 1 N–H and O–H groups in total. The van der Waals surface area contributed by atoms with Gasteiger partial charge in [-0.3, -0.25) is 0 Å². The molecule has 4 rings (SSSR count). The van der Waals surface area contributed by atoms with Crippen LogP contribution in [0.4, 0.5) is 11.5 Å². The highest BCUT2D eigenvalue weighted by atomic mass is 35.5. The largest absolute Gasteiger partial charge is 0.494 e. The lowest BCUT2D eigenvalue weighted by molar-refractivity contribution is 0.340. The van der Waals surface area contributed by atoms with Crippen LogP contribution in [0.2, 0.25) is 5.02 Å². The molecule has 0 saturated heterocycles. The van der Waals surface area contributed by atoms with Crippen molar-refractivity contribution in [1.82, 2.24) is 25.2 Å². The Balaban J connectivity index is 1.48. The summed E-state index contributed by atoms with van der Waals surface area (Å²) in [6, 6.07) is 14.8. The number of rotatable bonds is 6. The van der Waals surface area contributed by atoms with Crippen LogP contribution in [0.1, 0.15) is 6.92 Å². The van der Waals surface area contributed by atoms with Crippen LogP contribution in [0.15, 0.2) is 59.1 Å². The van der Waals surface area contributed by atoms with E-state index in [2.05, 4.69) is 25.7 Å². The first-order valence-electron chi connectivity index (χ1n) is 8.23. The maximum absolute atomic E-state index is 5.89. The van der Waals surface area contributed by atoms with Crippen LogP contribution in [0.25, 0.3) is 17.5 Å². The fraction of sp³-hybridized carbons (Fsp3) is 0.111. The number of hydrogen-bond donors (Lipinski definition) is 1. The van der Waals surface area contributed by atoms with Gasteiger partial charge in [-0.25, -0.2) is 0 Å². The number of nitrogens with zero attached hydrogens (tertiary/aromatic N) is 5. The summed E-state index contributed by atoms with van der Waals surface area (Å²) in [6.07, 6.45) is 1.57. The van der Waals surface area contributed by atoms with E-state index in [9.17, 15) is 0 Å². The quantitative estimate of drug-likeness (QED) is 0.536. The minimum absolute atomic E-state index is 0.166. The number of hydrogen-bond acceptors (Lipinski definition) is 7. The predicted octanol–water partition coefficient (Wildman–Crippen LogP) is 4.11. The van der Waals surface area contributed by atoms with Gasteiger partial charge in [0.15, 0.2) is 5.82 Å². The normalized spacial score (nSPS) is 10.7. The van der Waals surface area contributed by atoms with E-state index in [4.69, 9.17) is 20.8 Å². The van der Waals surface area contributed by atoms with E-state index in [0.29, 0.717) is 23.3 Å². The molecule has 2 aromatic carbocycles. The highest BCUT2D eigenvalue weighted by Gasteiger charge is 2.13. The highest BCUT2D eigenvalue weighted by molar-refractivity contribution is 6.30. The lowest BCUT2D eigenvalue weighted by Crippen LogP contribution is -2.00. The van der Waals surface area contributed by atoms with Crippen molar-refractivity contribution in [3.63, 3.8) is 0 Å². The zero-order valence-electron chi connectivity index (χ0n) is 14.3. The Morgan fingerprint density at radius 1 is 1.07 bits per heavy atom. The predicted molar refractivity (Wildman–Crippen MR) is 101 cm³/mol. The summed E-state index contributed by atoms with van der Waals surface area (Å²) in [6.45, 7) is 2.57. The summed E-state index contributed by atoms with van der Waals surface area (Å²) in [5.74, 6) is 1.72. The SMILES string of the molecule is CCOc1ccc(Nc2cnn(-c3nnc(-c4ccc(Cl)cc4)o3)n2)cc1. The molecule has 8 nitrogen and oxygen atoms in total. The van der Waals surface area contributed by atoms with Crippen molar-refractivity contribution in [1.29, 1.82) is 0 Å². The topological polar surface area (TPSA) is 90.9 Å². The summed E-state index contributed by atoms with van der Waals surface area (Å²) in [5, 5.41) is 20.2. The third-order valence-electron chi connectivity index (χ3n) is 3.61. The summed E-state index contributed by atoms with van der Waals surface area (Å²) in [4.78, 5) is 1.27. The number of benzene rings is 2. The second-order valence-electron chi connectivity index (χ2n) is 5.50. The zero-order valence-corrected chi connectivity index (χ0v) is 15.1. The van der Waals surface area contributed by atoms with Gasteiger partial charge in [-0.1, -0.05) is 21.5 Å². The van der Waals surface area contributed by atoms with Crippen molar-refractivity contribution in [2.75, 3.05) is 11.9 Å². The first-order chi connectivity index (χ1) is 13.2. The number of nitrogens with one attached hydrogen (secondary N) is 1. The Labute approximate surface area is 159 Å². The van der Waals surface area contributed by atoms with Gasteiger partial charge in [0.2, 0.25) is 5.89 Å². The standard InChI is InChI=1S/C18H15ClN6O2/c1-2-26-15-9-7-14(8-10-15)21-16-11-20-25(24-16)18-23-22-17(27-18)12-3-5-13(19)6-4-12/h3-11H,2H2,1H3,(H,21,24). The molecule has 0 atom stereocenters. The van der Waals surface area contributed by atoms with E-state index >= 15 is 0 Å². The minimum Gasteiger partial charge on any atom is -0.494 e. The fourth-order valence-corrected chi connectivity index (χ4v) is 2.49. The molecule has 0 aliphatic rings. The van der Waals surface area contributed by atoms with Crippen LogP contribution < -0.4 is 10.1 Å². The Morgan fingerprint density at radius 3 is 2.59 bits per heavy atom. The molecule has 4 aromatic rings. The minimum atomic E-state index is 0.166. The van der Waals surface area contributed by atoms with Gasteiger partial charge in [0.25, 0.3) is 0 Å². The Bertz CT molecular complexity index is 1030. The molecule has 0 aliphatic heterocycles. The van der Waals surface area contributed by atoms with Crippen molar-refractivity contribution in [2.45, 2.75) is 6.92 Å². The second-order valence-corrected chi connectivity index (χ2v) is 5.93. The second kappa shape index (κ2) is 7.46. The Morgan fingerprint density at radius 2 is 1.85 bits per heavy atom. The summed E-state index contributed by atoms with van der Waals surface area (Å²) in [7, 11) is 0. The summed E-state index contributed by atoms with van der Waals surface area (Å²) < 4.78 is 11.1. The average molecular weight is 383 g/mol. The van der Waals surface area contributed by atoms with Gasteiger partial charge < -0.3 is 14.5 Å². The van der Waals surface area contributed by atoms with Crippen LogP contribution in [0.3, 0.4) is 0 Å². The molecule has 0 radical (unpaired) electrons. The Kier molecular flexibility index (Phi) is 4.71. The van der Waals surface area contributed by atoms with Crippen molar-refractivity contribution in [2.24, 2.45) is 0 Å². The maximum Gasteiger partial charge on any atom is 0.361 e. The molecule has 0 fully saturated rings. The van der Waals surface area contributed by atoms with E-state index in [-0.39, 0.29) is 6.01 Å². The van der Waals surface area contributed by atoms with Crippen molar-refractivity contribution < 1.29 is 9.15 Å². The average Bonchev–Trinajstić information content (AvgIpc) is 3.34. The maximum atomic E-state index is 5.89. The van der Waals surface area contributed by atoms with E-state index in [0.717, 1.165) is 17.0 Å². The molecule has 0 spiro atoms. The smallest absolute Gasteiger partial charge is 0.361 e. The van der Waals surface area contributed by atoms with Crippen LogP contribution >= 0.6 is 11.6 Å². The molecular formula is C18H15ClN6O2.